The van der Waals surface area contributed by atoms with Gasteiger partial charge in [0.2, 0.25) is 16.7 Å². The van der Waals surface area contributed by atoms with E-state index in [0.717, 1.165) is 16.2 Å². The molecule has 0 radical (unpaired) electrons. The highest BCUT2D eigenvalue weighted by Gasteiger charge is 2.54. The number of fused-ring (bicyclic) bond motifs is 1. The first kappa shape index (κ1) is 30.1. The van der Waals surface area contributed by atoms with Crippen LogP contribution in [0, 0.1) is 0 Å². The van der Waals surface area contributed by atoms with Crippen molar-refractivity contribution in [1.82, 2.24) is 29.5 Å². The summed E-state index contributed by atoms with van der Waals surface area (Å²) < 4.78 is 15.7. The number of amides is 2. The van der Waals surface area contributed by atoms with Crippen molar-refractivity contribution in [3.63, 3.8) is 0 Å². The number of nitrogens with one attached hydrogen (secondary N) is 2. The summed E-state index contributed by atoms with van der Waals surface area (Å²) >= 11 is 4.36. The molecule has 5 rings (SSSR count). The van der Waals surface area contributed by atoms with Gasteiger partial charge in [0.15, 0.2) is 4.34 Å². The third-order valence-electron chi connectivity index (χ3n) is 5.47. The van der Waals surface area contributed by atoms with Gasteiger partial charge < -0.3 is 25.0 Å². The zero-order valence-corrected chi connectivity index (χ0v) is 25.3. The zero-order chi connectivity index (χ0) is 30.0. The van der Waals surface area contributed by atoms with Crippen molar-refractivity contribution in [1.29, 1.82) is 0 Å². The molecule has 3 aromatic rings. The Bertz CT molecular complexity index is 1640. The van der Waals surface area contributed by atoms with Gasteiger partial charge in [-0.1, -0.05) is 16.9 Å². The molecule has 0 aliphatic carbocycles. The Labute approximate surface area is 253 Å². The first-order chi connectivity index (χ1) is 20.1. The number of oxime groups is 1. The lowest BCUT2D eigenvalue weighted by atomic mass is 10.0. The van der Waals surface area contributed by atoms with Crippen LogP contribution in [0.25, 0.3) is 11.3 Å². The monoisotopic (exact) mass is 670 g/mol. The molecule has 2 aliphatic heterocycles. The molecule has 1 saturated heterocycles. The van der Waals surface area contributed by atoms with Crippen LogP contribution in [0.3, 0.4) is 0 Å². The van der Waals surface area contributed by atoms with Crippen molar-refractivity contribution in [2.24, 2.45) is 5.16 Å². The van der Waals surface area contributed by atoms with Gasteiger partial charge in [-0.25, -0.2) is 14.3 Å². The summed E-state index contributed by atoms with van der Waals surface area (Å²) in [5.41, 5.74) is 0.968. The summed E-state index contributed by atoms with van der Waals surface area (Å²) in [5, 5.41) is 19.0. The van der Waals surface area contributed by atoms with Gasteiger partial charge in [0.25, 0.3) is 11.8 Å². The molecule has 0 unspecified atom stereocenters. The number of aromatic nitrogens is 4. The lowest BCUT2D eigenvalue weighted by Gasteiger charge is -2.49. The molecule has 21 heteroatoms. The second-order valence-electron chi connectivity index (χ2n) is 8.21. The molecule has 220 valence electrons. The number of carbonyl (C=O) groups is 3. The van der Waals surface area contributed by atoms with Gasteiger partial charge in [-0.15, -0.1) is 23.1 Å². The molecule has 0 spiro atoms. The molecule has 16 nitrogen and oxygen atoms in total. The standard InChI is InChI=1S/C21H19N8O8PS4/c1-2-37-26-12(15-25-20(42-28-15)27-38(34,35)36)16(30)24-13-17(31)29-14(19(32)33)11(8-39-18(13)29)41-21-23-10(7-40-21)9-3-5-22-6-4-9/h3-7,13,18H,2,8H2,1H3,(H,24,30)(H,32,33)(H3,25,27,28,34,35,36)/b26-12-/t13-,18-/m1/s1. The van der Waals surface area contributed by atoms with Crippen molar-refractivity contribution in [2.75, 3.05) is 17.4 Å². The molecule has 0 saturated carbocycles. The fourth-order valence-electron chi connectivity index (χ4n) is 3.75. The fourth-order valence-corrected chi connectivity index (χ4v) is 8.45. The zero-order valence-electron chi connectivity index (χ0n) is 21.1. The van der Waals surface area contributed by atoms with E-state index in [1.165, 1.54) is 34.9 Å². The maximum Gasteiger partial charge on any atom is 0.429 e. The number of thiazole rings is 1. The number of hydrogen-bond acceptors (Lipinski definition) is 14. The normalized spacial score (nSPS) is 18.8. The number of nitrogens with zero attached hydrogens (tertiary/aromatic N) is 6. The topological polar surface area (TPSA) is 229 Å². The minimum Gasteiger partial charge on any atom is -0.477 e. The van der Waals surface area contributed by atoms with Gasteiger partial charge in [0.05, 0.1) is 5.69 Å². The highest BCUT2D eigenvalue weighted by molar-refractivity contribution is 8.07. The highest BCUT2D eigenvalue weighted by Crippen LogP contribution is 2.46. The summed E-state index contributed by atoms with van der Waals surface area (Å²) in [6.45, 7) is 1.70. The van der Waals surface area contributed by atoms with Gasteiger partial charge in [-0.05, 0) is 19.1 Å². The molecular formula is C21H19N8O8PS4. The number of rotatable bonds is 11. The molecule has 0 bridgehead atoms. The van der Waals surface area contributed by atoms with E-state index in [-0.39, 0.29) is 29.0 Å². The number of thioether (sulfide) groups is 2. The van der Waals surface area contributed by atoms with E-state index in [1.807, 2.05) is 22.6 Å². The molecule has 2 atom stereocenters. The van der Waals surface area contributed by atoms with E-state index in [4.69, 9.17) is 14.6 Å². The van der Waals surface area contributed by atoms with Gasteiger partial charge in [-0.2, -0.15) is 9.36 Å². The van der Waals surface area contributed by atoms with Crippen molar-refractivity contribution in [3.8, 4) is 11.3 Å². The van der Waals surface area contributed by atoms with Gasteiger partial charge in [0, 0.05) is 45.5 Å². The predicted molar refractivity (Wildman–Crippen MR) is 155 cm³/mol. The van der Waals surface area contributed by atoms with Crippen LogP contribution in [-0.2, 0) is 23.8 Å². The fraction of sp³-hybridized carbons (Fsp3) is 0.238. The van der Waals surface area contributed by atoms with E-state index in [0.29, 0.717) is 20.8 Å². The van der Waals surface area contributed by atoms with Crippen molar-refractivity contribution < 1.29 is 38.7 Å². The van der Waals surface area contributed by atoms with Crippen LogP contribution in [0.5, 0.6) is 0 Å². The molecule has 3 aromatic heterocycles. The summed E-state index contributed by atoms with van der Waals surface area (Å²) in [7, 11) is -4.67. The van der Waals surface area contributed by atoms with Crippen LogP contribution in [0.4, 0.5) is 5.13 Å². The third-order valence-corrected chi connectivity index (χ3v) is 10.2. The van der Waals surface area contributed by atoms with E-state index in [9.17, 15) is 24.1 Å². The Morgan fingerprint density at radius 2 is 2.05 bits per heavy atom. The molecule has 5 heterocycles. The number of pyridine rings is 1. The number of β-lactam (4-membered cyclic amide) rings is 1. The maximum absolute atomic E-state index is 13.1. The van der Waals surface area contributed by atoms with Gasteiger partial charge in [-0.3, -0.25) is 24.6 Å². The molecule has 1 fully saturated rings. The van der Waals surface area contributed by atoms with E-state index >= 15 is 0 Å². The Balaban J connectivity index is 1.31. The predicted octanol–water partition coefficient (Wildman–Crippen LogP) is 1.79. The minimum absolute atomic E-state index is 0.0828. The van der Waals surface area contributed by atoms with E-state index in [1.54, 1.807) is 19.3 Å². The molecule has 0 aromatic carbocycles. The van der Waals surface area contributed by atoms with Crippen LogP contribution in [0.2, 0.25) is 0 Å². The lowest BCUT2D eigenvalue weighted by Crippen LogP contribution is -2.71. The summed E-state index contributed by atoms with van der Waals surface area (Å²) in [6, 6.07) is 2.54. The molecule has 42 heavy (non-hydrogen) atoms. The average molecular weight is 671 g/mol. The highest BCUT2D eigenvalue weighted by atomic mass is 32.2. The molecule has 2 aliphatic rings. The second-order valence-corrected chi connectivity index (χ2v) is 13.6. The van der Waals surface area contributed by atoms with Crippen molar-refractivity contribution in [2.45, 2.75) is 22.7 Å². The number of carboxylic acids is 1. The number of carbonyl (C=O) groups excluding carboxylic acids is 2. The minimum atomic E-state index is -4.67. The van der Waals surface area contributed by atoms with Crippen molar-refractivity contribution >= 4 is 82.8 Å². The Kier molecular flexibility index (Phi) is 8.92. The first-order valence-electron chi connectivity index (χ1n) is 11.7. The molecule has 2 amide bonds. The van der Waals surface area contributed by atoms with Gasteiger partial charge >= 0.3 is 13.7 Å². The second kappa shape index (κ2) is 12.5. The van der Waals surface area contributed by atoms with Crippen LogP contribution in [0.15, 0.2) is 50.0 Å². The Morgan fingerprint density at radius 1 is 1.29 bits per heavy atom. The van der Waals surface area contributed by atoms with Gasteiger partial charge in [0.1, 0.15) is 23.7 Å². The number of hydrogen-bond donors (Lipinski definition) is 5. The average Bonchev–Trinajstić information content (AvgIpc) is 3.61. The van der Waals surface area contributed by atoms with Crippen molar-refractivity contribution in [3.05, 3.63) is 46.3 Å². The molecule has 5 N–H and O–H groups in total. The maximum atomic E-state index is 13.1. The summed E-state index contributed by atoms with van der Waals surface area (Å²) in [6.07, 6.45) is 3.30. The van der Waals surface area contributed by atoms with E-state index < -0.39 is 42.7 Å². The van der Waals surface area contributed by atoms with Crippen LogP contribution in [0.1, 0.15) is 12.7 Å². The van der Waals surface area contributed by atoms with Crippen LogP contribution >= 0.6 is 54.1 Å². The van der Waals surface area contributed by atoms with E-state index in [2.05, 4.69) is 29.8 Å². The third kappa shape index (κ3) is 6.48. The lowest BCUT2D eigenvalue weighted by molar-refractivity contribution is -0.150. The van der Waals surface area contributed by atoms with Crippen LogP contribution in [-0.4, -0.2) is 86.4 Å². The first-order valence-corrected chi connectivity index (χ1v) is 16.8. The molecular weight excluding hydrogens is 652 g/mol. The SMILES string of the molecule is CCO/N=C(\C(=O)N[C@@H]1C(=O)N2C(C(=O)O)=C(Sc3nc(-c4ccncc4)cs3)CS[C@H]12)c1nsc(NP(=O)(O)O)n1. The smallest absolute Gasteiger partial charge is 0.429 e. The summed E-state index contributed by atoms with van der Waals surface area (Å²) in [5.74, 6) is -2.86. The quantitative estimate of drug-likeness (QED) is 0.0847. The number of aliphatic carboxylic acids is 1. The number of carboxylic acid groups (broad SMARTS) is 1. The number of anilines is 1. The summed E-state index contributed by atoms with van der Waals surface area (Å²) in [4.78, 5) is 75.7. The Hall–Kier alpha value is -3.39. The Morgan fingerprint density at radius 3 is 2.74 bits per heavy atom. The largest absolute Gasteiger partial charge is 0.477 e. The van der Waals surface area contributed by atoms with Crippen LogP contribution < -0.4 is 10.4 Å².